The van der Waals surface area contributed by atoms with E-state index in [4.69, 9.17) is 21.4 Å². The molecule has 0 unspecified atom stereocenters. The van der Waals surface area contributed by atoms with Crippen molar-refractivity contribution in [3.8, 4) is 0 Å². The molecule has 0 radical (unpaired) electrons. The molecule has 1 aliphatic rings. The maximum atomic E-state index is 14.0. The van der Waals surface area contributed by atoms with Crippen molar-refractivity contribution in [1.82, 2.24) is 0 Å². The molecule has 2 aromatic rings. The van der Waals surface area contributed by atoms with Gasteiger partial charge in [-0.2, -0.15) is 8.42 Å². The highest BCUT2D eigenvalue weighted by atomic mass is 32.2. The number of carbonyl (C=O) groups excluding carboxylic acids is 1. The van der Waals surface area contributed by atoms with Crippen LogP contribution in [0.4, 0.5) is 4.39 Å². The van der Waals surface area contributed by atoms with Gasteiger partial charge in [-0.15, -0.1) is 0 Å². The first-order chi connectivity index (χ1) is 15.5. The summed E-state index contributed by atoms with van der Waals surface area (Å²) in [6.45, 7) is 1.42. The maximum Gasteiger partial charge on any atom is 0.313 e. The molecule has 2 N–H and O–H groups in total. The van der Waals surface area contributed by atoms with Crippen molar-refractivity contribution in [3.63, 3.8) is 0 Å². The Labute approximate surface area is 161 Å². The van der Waals surface area contributed by atoms with Gasteiger partial charge in [-0.1, -0.05) is 42.3 Å². The van der Waals surface area contributed by atoms with Gasteiger partial charge in [0.1, 0.15) is 11.5 Å². The number of carbonyl (C=O) groups is 1. The van der Waals surface area contributed by atoms with Crippen molar-refractivity contribution < 1.29 is 37.5 Å². The number of rotatable bonds is 5. The van der Waals surface area contributed by atoms with Gasteiger partial charge in [0.2, 0.25) is 17.4 Å². The monoisotopic (exact) mass is 385 g/mol. The topological polar surface area (TPSA) is 95.7 Å². The van der Waals surface area contributed by atoms with Gasteiger partial charge in [0.15, 0.2) is 6.08 Å². The average molecular weight is 385 g/mol. The van der Waals surface area contributed by atoms with Crippen LogP contribution in [0.3, 0.4) is 0 Å². The summed E-state index contributed by atoms with van der Waals surface area (Å²) in [5, 5.41) is 0. The molecule has 0 aromatic heterocycles. The molecule has 2 aromatic carbocycles. The third kappa shape index (κ3) is 3.70. The summed E-state index contributed by atoms with van der Waals surface area (Å²) in [5.41, 5.74) is 0.322. The molecule has 0 bridgehead atoms. The molecule has 3 rings (SSSR count). The van der Waals surface area contributed by atoms with Crippen LogP contribution in [0.5, 0.6) is 0 Å². The third-order valence-electron chi connectivity index (χ3n) is 3.20. The zero-order chi connectivity index (χ0) is 26.0. The second-order valence-electron chi connectivity index (χ2n) is 5.06. The van der Waals surface area contributed by atoms with E-state index >= 15 is 0 Å². The first-order valence-corrected chi connectivity index (χ1v) is 8.39. The Kier molecular flexibility index (Phi) is 2.70. The molecule has 8 heteroatoms. The molecule has 0 saturated heterocycles. The third-order valence-corrected chi connectivity index (χ3v) is 4.04. The summed E-state index contributed by atoms with van der Waals surface area (Å²) in [4.78, 5) is 12.8. The Morgan fingerprint density at radius 2 is 2.08 bits per heavy atom. The van der Waals surface area contributed by atoms with Gasteiger partial charge >= 0.3 is 10.1 Å². The molecule has 0 saturated carbocycles. The van der Waals surface area contributed by atoms with E-state index in [2.05, 4.69) is 4.18 Å². The van der Waals surface area contributed by atoms with Crippen LogP contribution in [0.1, 0.15) is 33.7 Å². The normalized spacial score (nSPS) is 25.1. The molecule has 26 heavy (non-hydrogen) atoms. The van der Waals surface area contributed by atoms with Crippen molar-refractivity contribution in [2.75, 3.05) is 0 Å². The highest BCUT2D eigenvalue weighted by Gasteiger charge is 2.39. The molecule has 6 nitrogen and oxygen atoms in total. The highest BCUT2D eigenvalue weighted by molar-refractivity contribution is 7.86. The van der Waals surface area contributed by atoms with Crippen LogP contribution in [0.15, 0.2) is 60.1 Å². The van der Waals surface area contributed by atoms with Gasteiger partial charge < -0.3 is 14.7 Å². The van der Waals surface area contributed by atoms with Gasteiger partial charge in [-0.05, 0) is 24.1 Å². The molecular weight excluding hydrogens is 361 g/mol. The van der Waals surface area contributed by atoms with Gasteiger partial charge in [-0.25, -0.2) is 4.39 Å². The Balaban J connectivity index is 2.05. The van der Waals surface area contributed by atoms with E-state index in [1.54, 1.807) is 0 Å². The molecule has 1 atom stereocenters. The van der Waals surface area contributed by atoms with Crippen LogP contribution < -0.4 is 5.73 Å². The minimum atomic E-state index is -5.63. The molecule has 1 heterocycles. The number of ether oxygens (including phenoxy) is 1. The number of hydrogen-bond acceptors (Lipinski definition) is 6. The predicted molar refractivity (Wildman–Crippen MR) is 91.3 cm³/mol. The minimum absolute atomic E-state index is 0.185. The number of halogens is 1. The SMILES string of the molecule is [2H]c1c([2H])c([2H])c(C([2H])([2H])S(=O)(=O)OC2=C(N)O[C@@]([2H])(c3ccc(C)c(F)c3)C2=O)c([2H])c1[2H]. The Morgan fingerprint density at radius 1 is 1.38 bits per heavy atom. The lowest BCUT2D eigenvalue weighted by Gasteiger charge is -2.10. The van der Waals surface area contributed by atoms with Crippen molar-refractivity contribution >= 4 is 15.9 Å². The van der Waals surface area contributed by atoms with Crippen LogP contribution in [0.2, 0.25) is 0 Å². The summed E-state index contributed by atoms with van der Waals surface area (Å²) >= 11 is 0. The number of nitrogens with two attached hydrogens (primary N) is 1. The van der Waals surface area contributed by atoms with E-state index in [1.807, 2.05) is 0 Å². The van der Waals surface area contributed by atoms with Crippen LogP contribution in [-0.2, 0) is 29.5 Å². The van der Waals surface area contributed by atoms with Crippen molar-refractivity contribution in [2.24, 2.45) is 5.73 Å². The van der Waals surface area contributed by atoms with Gasteiger partial charge in [-0.3, -0.25) is 4.79 Å². The van der Waals surface area contributed by atoms with E-state index in [1.165, 1.54) is 19.1 Å². The summed E-state index contributed by atoms with van der Waals surface area (Å²) < 4.78 is 112. The molecule has 0 amide bonds. The van der Waals surface area contributed by atoms with E-state index in [0.29, 0.717) is 0 Å². The van der Waals surface area contributed by atoms with Crippen LogP contribution >= 0.6 is 0 Å². The summed E-state index contributed by atoms with van der Waals surface area (Å²) in [6.07, 6.45) is -2.74. The standard InChI is InChI=1S/C18H16FNO5S/c1-11-7-8-13(9-14(11)19)16-15(21)17(18(20)24-16)25-26(22,23)10-12-5-3-2-4-6-12/h2-9,16H,10,20H2,1H3/t16-/m0/s1/i2D,3D,4D,5D,6D,10D2,16D. The van der Waals surface area contributed by atoms with Gasteiger partial charge in [0.05, 0.1) is 11.0 Å². The van der Waals surface area contributed by atoms with Gasteiger partial charge in [0.25, 0.3) is 0 Å². The van der Waals surface area contributed by atoms with E-state index in [0.717, 1.165) is 6.07 Å². The summed E-state index contributed by atoms with van der Waals surface area (Å²) in [6, 6.07) is -1.98. The fourth-order valence-electron chi connectivity index (χ4n) is 1.98. The number of benzene rings is 2. The molecule has 1 aliphatic heterocycles. The summed E-state index contributed by atoms with van der Waals surface area (Å²) in [7, 11) is -5.63. The smallest absolute Gasteiger partial charge is 0.313 e. The molecular formula is C18H16FNO5S. The van der Waals surface area contributed by atoms with Crippen molar-refractivity contribution in [3.05, 3.63) is 82.6 Å². The molecule has 0 spiro atoms. The first-order valence-electron chi connectivity index (χ1n) is 11.0. The average Bonchev–Trinajstić information content (AvgIpc) is 2.96. The Bertz CT molecular complexity index is 1350. The lowest BCUT2D eigenvalue weighted by atomic mass is 10.0. The fourth-order valence-corrected chi connectivity index (χ4v) is 2.75. The number of Topliss-reactive ketones (excluding diaryl/α,β-unsaturated/α-hetero) is 1. The summed E-state index contributed by atoms with van der Waals surface area (Å²) in [5.74, 6) is -4.58. The lowest BCUT2D eigenvalue weighted by Crippen LogP contribution is -2.16. The Hall–Kier alpha value is -2.87. The van der Waals surface area contributed by atoms with E-state index in [9.17, 15) is 17.6 Å². The fraction of sp³-hybridized carbons (Fsp3) is 0.167. The van der Waals surface area contributed by atoms with Crippen molar-refractivity contribution in [2.45, 2.75) is 18.7 Å². The van der Waals surface area contributed by atoms with E-state index in [-0.39, 0.29) is 11.1 Å². The maximum absolute atomic E-state index is 14.0. The van der Waals surface area contributed by atoms with Crippen molar-refractivity contribution in [1.29, 1.82) is 0 Å². The van der Waals surface area contributed by atoms with Crippen LogP contribution in [0.25, 0.3) is 0 Å². The molecule has 0 aliphatic carbocycles. The molecule has 136 valence electrons. The van der Waals surface area contributed by atoms with Gasteiger partial charge in [0, 0.05) is 5.56 Å². The second-order valence-corrected chi connectivity index (χ2v) is 6.34. The number of aryl methyl sites for hydroxylation is 1. The zero-order valence-electron chi connectivity index (χ0n) is 21.1. The first kappa shape index (κ1) is 10.3. The largest absolute Gasteiger partial charge is 0.460 e. The van der Waals surface area contributed by atoms with E-state index < -0.39 is 80.9 Å². The lowest BCUT2D eigenvalue weighted by molar-refractivity contribution is -0.123. The van der Waals surface area contributed by atoms with Crippen LogP contribution in [0, 0.1) is 12.7 Å². The van der Waals surface area contributed by atoms with Crippen LogP contribution in [-0.4, -0.2) is 14.2 Å². The number of hydrogen-bond donors (Lipinski definition) is 1. The predicted octanol–water partition coefficient (Wildman–Crippen LogP) is 2.45. The number of ketones is 1. The highest BCUT2D eigenvalue weighted by Crippen LogP contribution is 2.33. The second kappa shape index (κ2) is 6.80. The minimum Gasteiger partial charge on any atom is -0.460 e. The zero-order valence-corrected chi connectivity index (χ0v) is 14.0. The quantitative estimate of drug-likeness (QED) is 0.795. The molecule has 0 fully saturated rings. The Morgan fingerprint density at radius 3 is 2.73 bits per heavy atom.